The van der Waals surface area contributed by atoms with Crippen molar-refractivity contribution in [3.8, 4) is 11.5 Å². The summed E-state index contributed by atoms with van der Waals surface area (Å²) in [6.45, 7) is 6.09. The Bertz CT molecular complexity index is 1280. The van der Waals surface area contributed by atoms with E-state index in [0.717, 1.165) is 48.8 Å². The molecule has 0 spiro atoms. The first-order valence-corrected chi connectivity index (χ1v) is 13.2. The molecule has 38 heavy (non-hydrogen) atoms. The summed E-state index contributed by atoms with van der Waals surface area (Å²) in [5.41, 5.74) is 4.30. The number of hydrogen-bond acceptors (Lipinski definition) is 11. The van der Waals surface area contributed by atoms with E-state index < -0.39 is 4.92 Å². The summed E-state index contributed by atoms with van der Waals surface area (Å²) >= 11 is 3.52. The SMILES string of the molecule is CCCCN(CCCC)c1nc(NN=Cc2cc3c(cc2Br)OCO3)nc(Nc2ccc([N+](=O)[O-])cc2)n1. The number of ether oxygens (including phenoxy) is 2. The summed E-state index contributed by atoms with van der Waals surface area (Å²) in [5.74, 6) is 2.39. The van der Waals surface area contributed by atoms with E-state index in [4.69, 9.17) is 9.47 Å². The smallest absolute Gasteiger partial charge is 0.269 e. The van der Waals surface area contributed by atoms with E-state index in [0.29, 0.717) is 29.1 Å². The topological polar surface area (TPSA) is 140 Å². The van der Waals surface area contributed by atoms with E-state index in [9.17, 15) is 10.1 Å². The van der Waals surface area contributed by atoms with Gasteiger partial charge in [0.1, 0.15) is 0 Å². The van der Waals surface area contributed by atoms with Crippen LogP contribution in [-0.2, 0) is 0 Å². The predicted molar refractivity (Wildman–Crippen MR) is 150 cm³/mol. The molecule has 0 saturated heterocycles. The van der Waals surface area contributed by atoms with Gasteiger partial charge in [-0.15, -0.1) is 0 Å². The van der Waals surface area contributed by atoms with E-state index in [-0.39, 0.29) is 18.4 Å². The van der Waals surface area contributed by atoms with Crippen molar-refractivity contribution < 1.29 is 14.4 Å². The number of fused-ring (bicyclic) bond motifs is 1. The molecule has 12 nitrogen and oxygen atoms in total. The zero-order chi connectivity index (χ0) is 26.9. The lowest BCUT2D eigenvalue weighted by atomic mass is 10.2. The van der Waals surface area contributed by atoms with E-state index >= 15 is 0 Å². The van der Waals surface area contributed by atoms with Crippen LogP contribution in [0.25, 0.3) is 0 Å². The second-order valence-corrected chi connectivity index (χ2v) is 9.36. The minimum absolute atomic E-state index is 0.00330. The number of unbranched alkanes of at least 4 members (excludes halogenated alkanes) is 2. The Morgan fingerprint density at radius 1 is 1.05 bits per heavy atom. The highest BCUT2D eigenvalue weighted by molar-refractivity contribution is 9.10. The van der Waals surface area contributed by atoms with Gasteiger partial charge in [-0.05, 0) is 53.0 Å². The molecule has 1 aliphatic rings. The lowest BCUT2D eigenvalue weighted by Crippen LogP contribution is -2.28. The number of rotatable bonds is 13. The van der Waals surface area contributed by atoms with Gasteiger partial charge in [-0.2, -0.15) is 20.1 Å². The molecule has 200 valence electrons. The van der Waals surface area contributed by atoms with Gasteiger partial charge < -0.3 is 19.7 Å². The fourth-order valence-electron chi connectivity index (χ4n) is 3.61. The lowest BCUT2D eigenvalue weighted by molar-refractivity contribution is -0.384. The van der Waals surface area contributed by atoms with Gasteiger partial charge in [0.15, 0.2) is 11.5 Å². The summed E-state index contributed by atoms with van der Waals surface area (Å²) in [5, 5.41) is 18.4. The van der Waals surface area contributed by atoms with Crippen LogP contribution in [0.2, 0.25) is 0 Å². The number of anilines is 4. The maximum Gasteiger partial charge on any atom is 0.269 e. The number of non-ortho nitro benzene ring substituents is 1. The third-order valence-electron chi connectivity index (χ3n) is 5.66. The second-order valence-electron chi connectivity index (χ2n) is 8.50. The van der Waals surface area contributed by atoms with Gasteiger partial charge in [0.05, 0.1) is 11.1 Å². The summed E-state index contributed by atoms with van der Waals surface area (Å²) < 4.78 is 11.6. The molecule has 0 aliphatic carbocycles. The maximum absolute atomic E-state index is 11.0. The van der Waals surface area contributed by atoms with Gasteiger partial charge in [0, 0.05) is 40.9 Å². The number of halogens is 1. The summed E-state index contributed by atoms with van der Waals surface area (Å²) in [6.07, 6.45) is 5.72. The van der Waals surface area contributed by atoms with Gasteiger partial charge >= 0.3 is 0 Å². The highest BCUT2D eigenvalue weighted by Gasteiger charge is 2.16. The number of hydrazone groups is 1. The quantitative estimate of drug-likeness (QED) is 0.142. The number of hydrogen-bond donors (Lipinski definition) is 2. The fourth-order valence-corrected chi connectivity index (χ4v) is 4.03. The molecule has 4 rings (SSSR count). The number of nitrogens with zero attached hydrogens (tertiary/aromatic N) is 6. The van der Waals surface area contributed by atoms with Crippen molar-refractivity contribution in [1.82, 2.24) is 15.0 Å². The molecule has 0 amide bonds. The Labute approximate surface area is 228 Å². The fraction of sp³-hybridized carbons (Fsp3) is 0.360. The van der Waals surface area contributed by atoms with Crippen molar-refractivity contribution >= 4 is 51.4 Å². The van der Waals surface area contributed by atoms with Crippen molar-refractivity contribution in [3.63, 3.8) is 0 Å². The molecule has 1 aromatic heterocycles. The summed E-state index contributed by atoms with van der Waals surface area (Å²) in [7, 11) is 0. The average Bonchev–Trinajstić information content (AvgIpc) is 3.36. The van der Waals surface area contributed by atoms with Crippen LogP contribution < -0.4 is 25.1 Å². The van der Waals surface area contributed by atoms with Crippen LogP contribution in [0.4, 0.5) is 29.2 Å². The number of benzene rings is 2. The molecule has 13 heteroatoms. The van der Waals surface area contributed by atoms with Gasteiger partial charge in [0.2, 0.25) is 24.6 Å². The third-order valence-corrected chi connectivity index (χ3v) is 6.35. The molecule has 0 fully saturated rings. The van der Waals surface area contributed by atoms with Gasteiger partial charge in [-0.25, -0.2) is 5.43 Å². The van der Waals surface area contributed by atoms with E-state index in [1.807, 2.05) is 12.1 Å². The number of nitro benzene ring substituents is 1. The van der Waals surface area contributed by atoms with Crippen LogP contribution in [0.3, 0.4) is 0 Å². The minimum atomic E-state index is -0.442. The largest absolute Gasteiger partial charge is 0.454 e. The molecule has 0 radical (unpaired) electrons. The van der Waals surface area contributed by atoms with Crippen molar-refractivity contribution in [2.24, 2.45) is 5.10 Å². The second kappa shape index (κ2) is 13.0. The summed E-state index contributed by atoms with van der Waals surface area (Å²) in [4.78, 5) is 26.4. The van der Waals surface area contributed by atoms with Gasteiger partial charge in [-0.3, -0.25) is 10.1 Å². The Morgan fingerprint density at radius 3 is 2.37 bits per heavy atom. The molecular weight excluding hydrogens is 556 g/mol. The Kier molecular flexibility index (Phi) is 9.25. The van der Waals surface area contributed by atoms with Crippen LogP contribution in [0.15, 0.2) is 46.0 Å². The Morgan fingerprint density at radius 2 is 1.71 bits per heavy atom. The molecule has 2 heterocycles. The third kappa shape index (κ3) is 7.06. The van der Waals surface area contributed by atoms with Gasteiger partial charge in [-0.1, -0.05) is 26.7 Å². The molecule has 3 aromatic rings. The predicted octanol–water partition coefficient (Wildman–Crippen LogP) is 5.87. The monoisotopic (exact) mass is 584 g/mol. The maximum atomic E-state index is 11.0. The van der Waals surface area contributed by atoms with Gasteiger partial charge in [0.25, 0.3) is 5.69 Å². The van der Waals surface area contributed by atoms with Crippen molar-refractivity contribution in [3.05, 3.63) is 56.5 Å². The van der Waals surface area contributed by atoms with Crippen molar-refractivity contribution in [1.29, 1.82) is 0 Å². The first-order chi connectivity index (χ1) is 18.5. The van der Waals surface area contributed by atoms with E-state index in [2.05, 4.69) is 65.5 Å². The van der Waals surface area contributed by atoms with Crippen LogP contribution in [0.5, 0.6) is 11.5 Å². The standard InChI is InChI=1S/C25H29BrN8O4/c1-3-5-11-33(12-6-4-2)25-30-23(28-18-7-9-19(10-8-18)34(35)36)29-24(31-25)32-27-15-17-13-21-22(14-20(17)26)38-16-37-21/h7-10,13-15H,3-6,11-12,16H2,1-2H3,(H2,28,29,30,31,32). The summed E-state index contributed by atoms with van der Waals surface area (Å²) in [6, 6.07) is 9.72. The number of nitrogens with one attached hydrogen (secondary N) is 2. The molecule has 2 N–H and O–H groups in total. The normalized spacial score (nSPS) is 12.1. The minimum Gasteiger partial charge on any atom is -0.454 e. The van der Waals surface area contributed by atoms with Crippen LogP contribution in [0, 0.1) is 10.1 Å². The first kappa shape index (κ1) is 27.0. The van der Waals surface area contributed by atoms with Crippen molar-refractivity contribution in [2.45, 2.75) is 39.5 Å². The molecule has 0 atom stereocenters. The highest BCUT2D eigenvalue weighted by Crippen LogP contribution is 2.36. The van der Waals surface area contributed by atoms with E-state index in [1.54, 1.807) is 18.3 Å². The molecule has 0 saturated carbocycles. The Balaban J connectivity index is 1.59. The number of nitro groups is 1. The number of aromatic nitrogens is 3. The average molecular weight is 585 g/mol. The van der Waals surface area contributed by atoms with Crippen LogP contribution in [-0.4, -0.2) is 46.0 Å². The molecule has 2 aromatic carbocycles. The highest BCUT2D eigenvalue weighted by atomic mass is 79.9. The molecule has 1 aliphatic heterocycles. The Hall–Kier alpha value is -4.00. The zero-order valence-corrected chi connectivity index (χ0v) is 22.8. The lowest BCUT2D eigenvalue weighted by Gasteiger charge is -2.23. The molecular formula is C25H29BrN8O4. The van der Waals surface area contributed by atoms with Crippen LogP contribution in [0.1, 0.15) is 45.1 Å². The van der Waals surface area contributed by atoms with E-state index in [1.165, 1.54) is 12.1 Å². The van der Waals surface area contributed by atoms with Crippen molar-refractivity contribution in [2.75, 3.05) is 35.5 Å². The first-order valence-electron chi connectivity index (χ1n) is 12.4. The van der Waals surface area contributed by atoms with Crippen LogP contribution >= 0.6 is 15.9 Å². The molecule has 0 bridgehead atoms. The molecule has 0 unspecified atom stereocenters. The zero-order valence-electron chi connectivity index (χ0n) is 21.2.